The molecule has 0 spiro atoms. The molecule has 8 heteroatoms. The van der Waals surface area contributed by atoms with Gasteiger partial charge in [-0.1, -0.05) is 11.6 Å². The van der Waals surface area contributed by atoms with Gasteiger partial charge < -0.3 is 14.8 Å². The van der Waals surface area contributed by atoms with Gasteiger partial charge in [0, 0.05) is 43.9 Å². The molecule has 7 nitrogen and oxygen atoms in total. The highest BCUT2D eigenvalue weighted by Gasteiger charge is 2.16. The lowest BCUT2D eigenvalue weighted by atomic mass is 10.2. The number of rotatable bonds is 5. The Bertz CT molecular complexity index is 762. The van der Waals surface area contributed by atoms with E-state index in [9.17, 15) is 4.79 Å². The van der Waals surface area contributed by atoms with Crippen LogP contribution in [0.25, 0.3) is 0 Å². The maximum Gasteiger partial charge on any atom is 0.238 e. The second-order valence-electron chi connectivity index (χ2n) is 6.07. The van der Waals surface area contributed by atoms with Crippen LogP contribution in [0.1, 0.15) is 12.0 Å². The van der Waals surface area contributed by atoms with Crippen molar-refractivity contribution >= 4 is 23.2 Å². The Labute approximate surface area is 151 Å². The van der Waals surface area contributed by atoms with Crippen LogP contribution in [-0.4, -0.2) is 47.4 Å². The van der Waals surface area contributed by atoms with Crippen molar-refractivity contribution in [3.8, 4) is 11.5 Å². The highest BCUT2D eigenvalue weighted by Crippen LogP contribution is 2.37. The van der Waals surface area contributed by atoms with E-state index < -0.39 is 0 Å². The van der Waals surface area contributed by atoms with Crippen molar-refractivity contribution in [3.63, 3.8) is 0 Å². The number of hydrogen-bond acceptors (Lipinski definition) is 5. The van der Waals surface area contributed by atoms with Gasteiger partial charge in [0.25, 0.3) is 0 Å². The normalized spacial score (nSPS) is 13.6. The predicted molar refractivity (Wildman–Crippen MR) is 95.2 cm³/mol. The maximum atomic E-state index is 12.3. The summed E-state index contributed by atoms with van der Waals surface area (Å²) in [7, 11) is 3.74. The molecule has 0 saturated carbocycles. The van der Waals surface area contributed by atoms with Crippen LogP contribution in [0.4, 0.5) is 5.69 Å². The molecule has 1 aliphatic rings. The lowest BCUT2D eigenvalue weighted by Gasteiger charge is -2.16. The van der Waals surface area contributed by atoms with Crippen molar-refractivity contribution in [2.45, 2.75) is 13.0 Å². The molecule has 1 aromatic carbocycles. The standard InChI is InChI=1S/C17H21ClN4O3/c1-21(9-12-8-19-22(2)10-12)11-17(23)20-14-7-16-15(6-13(14)18)24-4-3-5-25-16/h6-8,10H,3-5,9,11H2,1-2H3,(H,20,23). The lowest BCUT2D eigenvalue weighted by molar-refractivity contribution is -0.117. The van der Waals surface area contributed by atoms with Gasteiger partial charge in [-0.25, -0.2) is 0 Å². The molecular weight excluding hydrogens is 344 g/mol. The fourth-order valence-corrected chi connectivity index (χ4v) is 2.84. The van der Waals surface area contributed by atoms with Gasteiger partial charge in [0.2, 0.25) is 5.91 Å². The molecule has 1 amide bonds. The molecule has 134 valence electrons. The third-order valence-corrected chi connectivity index (χ3v) is 4.05. The zero-order valence-corrected chi connectivity index (χ0v) is 15.0. The van der Waals surface area contributed by atoms with Crippen molar-refractivity contribution in [2.24, 2.45) is 7.05 Å². The maximum absolute atomic E-state index is 12.3. The molecule has 0 unspecified atom stereocenters. The number of benzene rings is 1. The van der Waals surface area contributed by atoms with E-state index in [-0.39, 0.29) is 12.5 Å². The molecule has 0 fully saturated rings. The van der Waals surface area contributed by atoms with Crippen molar-refractivity contribution in [1.29, 1.82) is 0 Å². The van der Waals surface area contributed by atoms with Crippen LogP contribution < -0.4 is 14.8 Å². The number of nitrogens with one attached hydrogen (secondary N) is 1. The Hall–Kier alpha value is -2.25. The van der Waals surface area contributed by atoms with E-state index in [0.717, 1.165) is 12.0 Å². The number of anilines is 1. The van der Waals surface area contributed by atoms with Crippen LogP contribution in [0, 0.1) is 0 Å². The number of aromatic nitrogens is 2. The number of carbonyl (C=O) groups is 1. The molecule has 2 aromatic rings. The number of ether oxygens (including phenoxy) is 2. The summed E-state index contributed by atoms with van der Waals surface area (Å²) in [6.45, 7) is 2.04. The monoisotopic (exact) mass is 364 g/mol. The number of hydrogen-bond donors (Lipinski definition) is 1. The van der Waals surface area contributed by atoms with E-state index >= 15 is 0 Å². The zero-order chi connectivity index (χ0) is 17.8. The van der Waals surface area contributed by atoms with Crippen molar-refractivity contribution in [3.05, 3.63) is 35.1 Å². The molecule has 0 aliphatic carbocycles. The Morgan fingerprint density at radius 2 is 2.08 bits per heavy atom. The first-order valence-corrected chi connectivity index (χ1v) is 8.44. The molecular formula is C17H21ClN4O3. The lowest BCUT2D eigenvalue weighted by Crippen LogP contribution is -2.29. The average molecular weight is 365 g/mol. The van der Waals surface area contributed by atoms with Crippen LogP contribution in [0.2, 0.25) is 5.02 Å². The predicted octanol–water partition coefficient (Wildman–Crippen LogP) is 2.31. The summed E-state index contributed by atoms with van der Waals surface area (Å²) in [5.41, 5.74) is 1.57. The number of aryl methyl sites for hydroxylation is 1. The van der Waals surface area contributed by atoms with Gasteiger partial charge in [-0.2, -0.15) is 5.10 Å². The third-order valence-electron chi connectivity index (χ3n) is 3.74. The second kappa shape index (κ2) is 7.76. The summed E-state index contributed by atoms with van der Waals surface area (Å²) >= 11 is 6.25. The Kier molecular flexibility index (Phi) is 5.45. The number of likely N-dealkylation sites (N-methyl/N-ethyl adjacent to an activating group) is 1. The highest BCUT2D eigenvalue weighted by molar-refractivity contribution is 6.34. The Morgan fingerprint density at radius 1 is 1.36 bits per heavy atom. The summed E-state index contributed by atoms with van der Waals surface area (Å²) in [4.78, 5) is 14.2. The molecule has 0 atom stereocenters. The zero-order valence-electron chi connectivity index (χ0n) is 14.3. The van der Waals surface area contributed by atoms with Gasteiger partial charge in [-0.05, 0) is 7.05 Å². The van der Waals surface area contributed by atoms with Crippen LogP contribution in [0.15, 0.2) is 24.5 Å². The van der Waals surface area contributed by atoms with Gasteiger partial charge in [0.05, 0.1) is 36.7 Å². The Balaban J connectivity index is 1.61. The second-order valence-corrected chi connectivity index (χ2v) is 6.48. The third kappa shape index (κ3) is 4.64. The van der Waals surface area contributed by atoms with Gasteiger partial charge >= 0.3 is 0 Å². The molecule has 3 rings (SSSR count). The molecule has 0 radical (unpaired) electrons. The van der Waals surface area contributed by atoms with E-state index in [1.807, 2.05) is 25.2 Å². The minimum atomic E-state index is -0.150. The van der Waals surface area contributed by atoms with Crippen molar-refractivity contribution in [2.75, 3.05) is 32.1 Å². The summed E-state index contributed by atoms with van der Waals surface area (Å²) in [5, 5.41) is 7.38. The largest absolute Gasteiger partial charge is 0.490 e. The molecule has 1 N–H and O–H groups in total. The van der Waals surface area contributed by atoms with E-state index in [1.54, 1.807) is 23.0 Å². The molecule has 1 aromatic heterocycles. The fourth-order valence-electron chi connectivity index (χ4n) is 2.64. The first kappa shape index (κ1) is 17.6. The Morgan fingerprint density at radius 3 is 2.76 bits per heavy atom. The topological polar surface area (TPSA) is 68.6 Å². The van der Waals surface area contributed by atoms with Crippen molar-refractivity contribution < 1.29 is 14.3 Å². The minimum Gasteiger partial charge on any atom is -0.490 e. The summed E-state index contributed by atoms with van der Waals surface area (Å²) in [5.74, 6) is 1.05. The van der Waals surface area contributed by atoms with Crippen LogP contribution in [-0.2, 0) is 18.4 Å². The number of nitrogens with zero attached hydrogens (tertiary/aromatic N) is 3. The summed E-state index contributed by atoms with van der Waals surface area (Å²) < 4.78 is 13.0. The van der Waals surface area contributed by atoms with E-state index in [2.05, 4.69) is 10.4 Å². The molecule has 25 heavy (non-hydrogen) atoms. The quantitative estimate of drug-likeness (QED) is 0.881. The number of carbonyl (C=O) groups excluding carboxylic acids is 1. The summed E-state index contributed by atoms with van der Waals surface area (Å²) in [6.07, 6.45) is 4.53. The molecule has 0 saturated heterocycles. The number of halogens is 1. The molecule has 2 heterocycles. The molecule has 1 aliphatic heterocycles. The number of amides is 1. The van der Waals surface area contributed by atoms with E-state index in [0.29, 0.717) is 42.0 Å². The smallest absolute Gasteiger partial charge is 0.238 e. The minimum absolute atomic E-state index is 0.150. The SMILES string of the molecule is CN(CC(=O)Nc1cc2c(cc1Cl)OCCCO2)Cc1cnn(C)c1. The first-order chi connectivity index (χ1) is 12.0. The van der Waals surface area contributed by atoms with Crippen LogP contribution in [0.5, 0.6) is 11.5 Å². The van der Waals surface area contributed by atoms with Crippen LogP contribution in [0.3, 0.4) is 0 Å². The molecule has 0 bridgehead atoms. The first-order valence-electron chi connectivity index (χ1n) is 8.06. The average Bonchev–Trinajstić information content (AvgIpc) is 2.81. The van der Waals surface area contributed by atoms with Gasteiger partial charge in [-0.3, -0.25) is 14.4 Å². The summed E-state index contributed by atoms with van der Waals surface area (Å²) in [6, 6.07) is 3.39. The van der Waals surface area contributed by atoms with Gasteiger partial charge in [-0.15, -0.1) is 0 Å². The van der Waals surface area contributed by atoms with Gasteiger partial charge in [0.1, 0.15) is 0 Å². The van der Waals surface area contributed by atoms with E-state index in [1.165, 1.54) is 0 Å². The van der Waals surface area contributed by atoms with Crippen LogP contribution >= 0.6 is 11.6 Å². The van der Waals surface area contributed by atoms with Crippen molar-refractivity contribution in [1.82, 2.24) is 14.7 Å². The van der Waals surface area contributed by atoms with Gasteiger partial charge in [0.15, 0.2) is 11.5 Å². The highest BCUT2D eigenvalue weighted by atomic mass is 35.5. The van der Waals surface area contributed by atoms with E-state index in [4.69, 9.17) is 21.1 Å². The fraction of sp³-hybridized carbons (Fsp3) is 0.412. The number of fused-ring (bicyclic) bond motifs is 1.